The van der Waals surface area contributed by atoms with E-state index in [4.69, 9.17) is 17.2 Å². The average Bonchev–Trinajstić information content (AvgIpc) is 2.96. The molecule has 1 N–H and O–H groups in total. The monoisotopic (exact) mass is 293 g/mol. The summed E-state index contributed by atoms with van der Waals surface area (Å²) in [4.78, 5) is 12.7. The third-order valence-electron chi connectivity index (χ3n) is 4.12. The van der Waals surface area contributed by atoms with E-state index in [0.717, 1.165) is 40.9 Å². The summed E-state index contributed by atoms with van der Waals surface area (Å²) in [6.07, 6.45) is 3.26. The molecule has 0 fully saturated rings. The SMILES string of the molecule is Cc1cc(-c2nc(=S)c3c([nH]2)CCC3)nc2ccccc12. The van der Waals surface area contributed by atoms with E-state index in [9.17, 15) is 0 Å². The predicted octanol–water partition coefficient (Wildman–Crippen LogP) is 4.15. The quantitative estimate of drug-likeness (QED) is 0.685. The number of pyridine rings is 1. The molecule has 3 nitrogen and oxygen atoms in total. The first-order valence-electron chi connectivity index (χ1n) is 7.21. The van der Waals surface area contributed by atoms with E-state index in [1.807, 2.05) is 18.2 Å². The molecule has 2 heterocycles. The Bertz CT molecular complexity index is 912. The molecule has 3 aromatic rings. The maximum absolute atomic E-state index is 5.44. The topological polar surface area (TPSA) is 41.6 Å². The Labute approximate surface area is 128 Å². The highest BCUT2D eigenvalue weighted by Gasteiger charge is 2.16. The van der Waals surface area contributed by atoms with Crippen LogP contribution in [-0.2, 0) is 12.8 Å². The lowest BCUT2D eigenvalue weighted by molar-refractivity contribution is 0.899. The van der Waals surface area contributed by atoms with Gasteiger partial charge in [-0.05, 0) is 43.9 Å². The Balaban J connectivity index is 1.95. The molecule has 0 radical (unpaired) electrons. The zero-order valence-electron chi connectivity index (χ0n) is 11.8. The van der Waals surface area contributed by atoms with Crippen LogP contribution < -0.4 is 0 Å². The van der Waals surface area contributed by atoms with Crippen molar-refractivity contribution in [1.82, 2.24) is 15.0 Å². The van der Waals surface area contributed by atoms with Gasteiger partial charge in [-0.15, -0.1) is 0 Å². The van der Waals surface area contributed by atoms with Crippen molar-refractivity contribution in [3.8, 4) is 11.5 Å². The molecule has 0 bridgehead atoms. The number of fused-ring (bicyclic) bond motifs is 2. The van der Waals surface area contributed by atoms with Crippen molar-refractivity contribution in [3.63, 3.8) is 0 Å². The van der Waals surface area contributed by atoms with Gasteiger partial charge in [0.05, 0.1) is 5.52 Å². The van der Waals surface area contributed by atoms with Gasteiger partial charge in [0.2, 0.25) is 0 Å². The van der Waals surface area contributed by atoms with Crippen LogP contribution in [-0.4, -0.2) is 15.0 Å². The molecular formula is C17H15N3S. The fourth-order valence-corrected chi connectivity index (χ4v) is 3.37. The fraction of sp³-hybridized carbons (Fsp3) is 0.235. The van der Waals surface area contributed by atoms with Crippen molar-refractivity contribution in [2.24, 2.45) is 0 Å². The van der Waals surface area contributed by atoms with Gasteiger partial charge in [-0.3, -0.25) is 0 Å². The molecule has 1 aliphatic carbocycles. The molecule has 0 saturated heterocycles. The van der Waals surface area contributed by atoms with E-state index in [-0.39, 0.29) is 0 Å². The molecule has 0 saturated carbocycles. The van der Waals surface area contributed by atoms with Crippen molar-refractivity contribution in [1.29, 1.82) is 0 Å². The lowest BCUT2D eigenvalue weighted by Gasteiger charge is -2.08. The number of nitrogens with one attached hydrogen (secondary N) is 1. The van der Waals surface area contributed by atoms with E-state index >= 15 is 0 Å². The molecule has 0 atom stereocenters. The minimum absolute atomic E-state index is 0.726. The Morgan fingerprint density at radius 3 is 2.90 bits per heavy atom. The minimum atomic E-state index is 0.726. The fourth-order valence-electron chi connectivity index (χ4n) is 3.05. The van der Waals surface area contributed by atoms with Gasteiger partial charge in [0.1, 0.15) is 10.3 Å². The average molecular weight is 293 g/mol. The summed E-state index contributed by atoms with van der Waals surface area (Å²) in [5.41, 5.74) is 5.52. The zero-order chi connectivity index (χ0) is 14.4. The van der Waals surface area contributed by atoms with Gasteiger partial charge in [-0.1, -0.05) is 30.4 Å². The second kappa shape index (κ2) is 4.74. The molecule has 104 valence electrons. The largest absolute Gasteiger partial charge is 0.342 e. The minimum Gasteiger partial charge on any atom is -0.342 e. The van der Waals surface area contributed by atoms with E-state index in [2.05, 4.69) is 29.0 Å². The van der Waals surface area contributed by atoms with Crippen LogP contribution >= 0.6 is 12.2 Å². The van der Waals surface area contributed by atoms with Gasteiger partial charge in [0.25, 0.3) is 0 Å². The molecule has 0 unspecified atom stereocenters. The molecule has 1 aromatic carbocycles. The maximum atomic E-state index is 5.44. The molecule has 0 aliphatic heterocycles. The second-order valence-electron chi connectivity index (χ2n) is 5.54. The molecule has 4 heteroatoms. The van der Waals surface area contributed by atoms with Gasteiger partial charge in [-0.2, -0.15) is 0 Å². The van der Waals surface area contributed by atoms with Crippen LogP contribution in [0.25, 0.3) is 22.4 Å². The molecule has 21 heavy (non-hydrogen) atoms. The number of H-pyrrole nitrogens is 1. The van der Waals surface area contributed by atoms with Crippen molar-refractivity contribution in [3.05, 3.63) is 51.8 Å². The number of hydrogen-bond acceptors (Lipinski definition) is 3. The van der Waals surface area contributed by atoms with E-state index < -0.39 is 0 Å². The third-order valence-corrected chi connectivity index (χ3v) is 4.46. The number of hydrogen-bond donors (Lipinski definition) is 1. The van der Waals surface area contributed by atoms with Crippen molar-refractivity contribution >= 4 is 23.1 Å². The summed E-state index contributed by atoms with van der Waals surface area (Å²) in [6, 6.07) is 10.3. The highest BCUT2D eigenvalue weighted by Crippen LogP contribution is 2.26. The summed E-state index contributed by atoms with van der Waals surface area (Å²) in [7, 11) is 0. The number of rotatable bonds is 1. The van der Waals surface area contributed by atoms with Crippen LogP contribution in [0, 0.1) is 11.6 Å². The standard InChI is InChI=1S/C17H15N3S/c1-10-9-15(18-13-7-3-2-5-11(10)13)16-19-14-8-4-6-12(14)17(21)20-16/h2-3,5,7,9H,4,6,8H2,1H3,(H,19,20,21). The lowest BCUT2D eigenvalue weighted by Crippen LogP contribution is -1.99. The van der Waals surface area contributed by atoms with Gasteiger partial charge >= 0.3 is 0 Å². The first-order chi connectivity index (χ1) is 10.2. The molecule has 2 aromatic heterocycles. The van der Waals surface area contributed by atoms with Crippen LogP contribution in [0.4, 0.5) is 0 Å². The maximum Gasteiger partial charge on any atom is 0.157 e. The van der Waals surface area contributed by atoms with E-state index in [1.165, 1.54) is 22.2 Å². The first-order valence-corrected chi connectivity index (χ1v) is 7.62. The van der Waals surface area contributed by atoms with Crippen LogP contribution in [0.15, 0.2) is 30.3 Å². The summed E-state index contributed by atoms with van der Waals surface area (Å²) < 4.78 is 0.726. The Kier molecular flexibility index (Phi) is 2.86. The number of aromatic amines is 1. The van der Waals surface area contributed by atoms with Crippen molar-refractivity contribution < 1.29 is 0 Å². The van der Waals surface area contributed by atoms with Crippen molar-refractivity contribution in [2.45, 2.75) is 26.2 Å². The van der Waals surface area contributed by atoms with Crippen molar-refractivity contribution in [2.75, 3.05) is 0 Å². The molecule has 4 rings (SSSR count). The van der Waals surface area contributed by atoms with Gasteiger partial charge in [-0.25, -0.2) is 9.97 Å². The van der Waals surface area contributed by atoms with Gasteiger partial charge in [0, 0.05) is 16.6 Å². The Morgan fingerprint density at radius 1 is 1.14 bits per heavy atom. The molecule has 1 aliphatic rings. The van der Waals surface area contributed by atoms with Gasteiger partial charge in [0.15, 0.2) is 5.82 Å². The zero-order valence-corrected chi connectivity index (χ0v) is 12.6. The normalized spacial score (nSPS) is 13.6. The summed E-state index contributed by atoms with van der Waals surface area (Å²) >= 11 is 5.44. The summed E-state index contributed by atoms with van der Waals surface area (Å²) in [5.74, 6) is 0.787. The number of nitrogens with zero attached hydrogens (tertiary/aromatic N) is 2. The second-order valence-corrected chi connectivity index (χ2v) is 5.93. The van der Waals surface area contributed by atoms with Crippen LogP contribution in [0.2, 0.25) is 0 Å². The highest BCUT2D eigenvalue weighted by molar-refractivity contribution is 7.71. The number of benzene rings is 1. The number of aryl methyl sites for hydroxylation is 2. The highest BCUT2D eigenvalue weighted by atomic mass is 32.1. The number of aromatic nitrogens is 3. The molecular weight excluding hydrogens is 278 g/mol. The van der Waals surface area contributed by atoms with Crippen LogP contribution in [0.5, 0.6) is 0 Å². The smallest absolute Gasteiger partial charge is 0.157 e. The lowest BCUT2D eigenvalue weighted by atomic mass is 10.1. The summed E-state index contributed by atoms with van der Waals surface area (Å²) in [6.45, 7) is 2.11. The third kappa shape index (κ3) is 2.07. The Hall–Kier alpha value is -2.07. The van der Waals surface area contributed by atoms with Crippen LogP contribution in [0.3, 0.4) is 0 Å². The van der Waals surface area contributed by atoms with E-state index in [0.29, 0.717) is 0 Å². The predicted molar refractivity (Wildman–Crippen MR) is 86.9 cm³/mol. The molecule has 0 amide bonds. The van der Waals surface area contributed by atoms with E-state index in [1.54, 1.807) is 0 Å². The summed E-state index contributed by atoms with van der Waals surface area (Å²) in [5, 5.41) is 1.18. The van der Waals surface area contributed by atoms with Gasteiger partial charge < -0.3 is 4.98 Å². The van der Waals surface area contributed by atoms with Crippen LogP contribution in [0.1, 0.15) is 23.2 Å². The molecule has 0 spiro atoms. The first kappa shape index (κ1) is 12.7. The number of para-hydroxylation sites is 1. The Morgan fingerprint density at radius 2 is 2.00 bits per heavy atom.